The third-order valence-corrected chi connectivity index (χ3v) is 3.02. The molecular formula is C16H16F2O. The van der Waals surface area contributed by atoms with Gasteiger partial charge in [-0.3, -0.25) is 0 Å². The first-order valence-electron chi connectivity index (χ1n) is 6.24. The molecule has 0 N–H and O–H groups in total. The van der Waals surface area contributed by atoms with Crippen molar-refractivity contribution < 1.29 is 13.5 Å². The molecule has 0 radical (unpaired) electrons. The Hall–Kier alpha value is -1.74. The summed E-state index contributed by atoms with van der Waals surface area (Å²) in [5.74, 6) is -1.07. The molecule has 0 aliphatic carbocycles. The zero-order valence-electron chi connectivity index (χ0n) is 10.8. The molecule has 0 unspecified atom stereocenters. The number of hydrogen-bond donors (Lipinski definition) is 0. The molecule has 0 spiro atoms. The van der Waals surface area contributed by atoms with E-state index in [0.717, 1.165) is 18.4 Å². The fourth-order valence-corrected chi connectivity index (χ4v) is 2.03. The van der Waals surface area contributed by atoms with E-state index in [4.69, 9.17) is 4.74 Å². The number of halogens is 2. The smallest absolute Gasteiger partial charge is 0.133 e. The van der Waals surface area contributed by atoms with Gasteiger partial charge >= 0.3 is 0 Å². The van der Waals surface area contributed by atoms with Crippen molar-refractivity contribution in [1.82, 2.24) is 0 Å². The molecule has 1 nitrogen and oxygen atoms in total. The lowest BCUT2D eigenvalue weighted by atomic mass is 10.0. The molecule has 19 heavy (non-hydrogen) atoms. The van der Waals surface area contributed by atoms with Crippen LogP contribution in [-0.4, -0.2) is 13.7 Å². The van der Waals surface area contributed by atoms with E-state index in [-0.39, 0.29) is 5.56 Å². The second-order valence-corrected chi connectivity index (χ2v) is 4.39. The Morgan fingerprint density at radius 1 is 0.947 bits per heavy atom. The van der Waals surface area contributed by atoms with Gasteiger partial charge < -0.3 is 4.74 Å². The lowest BCUT2D eigenvalue weighted by Crippen LogP contribution is -1.93. The minimum atomic E-state index is -0.535. The van der Waals surface area contributed by atoms with Crippen LogP contribution in [0.2, 0.25) is 0 Å². The van der Waals surface area contributed by atoms with Gasteiger partial charge in [0.2, 0.25) is 0 Å². The summed E-state index contributed by atoms with van der Waals surface area (Å²) >= 11 is 0. The Morgan fingerprint density at radius 3 is 2.16 bits per heavy atom. The van der Waals surface area contributed by atoms with Crippen LogP contribution in [0.25, 0.3) is 11.1 Å². The summed E-state index contributed by atoms with van der Waals surface area (Å²) in [7, 11) is 1.67. The summed E-state index contributed by atoms with van der Waals surface area (Å²) in [4.78, 5) is 0. The second-order valence-electron chi connectivity index (χ2n) is 4.39. The predicted molar refractivity (Wildman–Crippen MR) is 72.0 cm³/mol. The molecule has 0 fully saturated rings. The Balaban J connectivity index is 2.18. The molecule has 0 saturated carbocycles. The number of methoxy groups -OCH3 is 1. The van der Waals surface area contributed by atoms with Crippen molar-refractivity contribution >= 4 is 0 Å². The highest BCUT2D eigenvalue weighted by atomic mass is 19.1. The standard InChI is InChI=1S/C16H16F2O/c1-19-11-3-4-12-7-9-13(10-8-12)16-14(17)5-2-6-15(16)18/h2,5-10H,3-4,11H2,1H3. The fourth-order valence-electron chi connectivity index (χ4n) is 2.03. The molecule has 0 atom stereocenters. The van der Waals surface area contributed by atoms with Crippen molar-refractivity contribution in [2.24, 2.45) is 0 Å². The van der Waals surface area contributed by atoms with Crippen LogP contribution in [0.5, 0.6) is 0 Å². The van der Waals surface area contributed by atoms with Gasteiger partial charge in [0.25, 0.3) is 0 Å². The van der Waals surface area contributed by atoms with E-state index in [1.165, 1.54) is 18.2 Å². The van der Waals surface area contributed by atoms with Gasteiger partial charge in [-0.25, -0.2) is 8.78 Å². The summed E-state index contributed by atoms with van der Waals surface area (Å²) in [6, 6.07) is 11.2. The zero-order valence-corrected chi connectivity index (χ0v) is 10.8. The lowest BCUT2D eigenvalue weighted by Gasteiger charge is -2.06. The van der Waals surface area contributed by atoms with Gasteiger partial charge in [-0.2, -0.15) is 0 Å². The van der Waals surface area contributed by atoms with Crippen LogP contribution in [0, 0.1) is 11.6 Å². The average Bonchev–Trinajstić information content (AvgIpc) is 2.40. The zero-order chi connectivity index (χ0) is 13.7. The molecule has 0 heterocycles. The number of rotatable bonds is 5. The minimum Gasteiger partial charge on any atom is -0.385 e. The third-order valence-electron chi connectivity index (χ3n) is 3.02. The Kier molecular flexibility index (Phi) is 4.63. The molecule has 0 aromatic heterocycles. The summed E-state index contributed by atoms with van der Waals surface area (Å²) in [6.45, 7) is 0.712. The molecule has 2 aromatic carbocycles. The maximum absolute atomic E-state index is 13.6. The lowest BCUT2D eigenvalue weighted by molar-refractivity contribution is 0.195. The number of ether oxygens (including phenoxy) is 1. The van der Waals surface area contributed by atoms with Gasteiger partial charge in [0.1, 0.15) is 11.6 Å². The molecule has 0 saturated heterocycles. The van der Waals surface area contributed by atoms with Crippen LogP contribution in [0.1, 0.15) is 12.0 Å². The molecule has 100 valence electrons. The summed E-state index contributed by atoms with van der Waals surface area (Å²) in [6.07, 6.45) is 1.83. The summed E-state index contributed by atoms with van der Waals surface area (Å²) in [5.41, 5.74) is 1.73. The van der Waals surface area contributed by atoms with Gasteiger partial charge in [0, 0.05) is 13.7 Å². The van der Waals surface area contributed by atoms with Crippen molar-refractivity contribution in [2.75, 3.05) is 13.7 Å². The van der Waals surface area contributed by atoms with Crippen LogP contribution < -0.4 is 0 Å². The minimum absolute atomic E-state index is 0.0333. The van der Waals surface area contributed by atoms with E-state index in [1.807, 2.05) is 12.1 Å². The fraction of sp³-hybridized carbons (Fsp3) is 0.250. The summed E-state index contributed by atoms with van der Waals surface area (Å²) < 4.78 is 32.2. The molecule has 2 aromatic rings. The maximum Gasteiger partial charge on any atom is 0.133 e. The first-order valence-corrected chi connectivity index (χ1v) is 6.24. The predicted octanol–water partition coefficient (Wildman–Crippen LogP) is 4.21. The Morgan fingerprint density at radius 2 is 1.58 bits per heavy atom. The molecule has 3 heteroatoms. The number of hydrogen-bond acceptors (Lipinski definition) is 1. The van der Waals surface area contributed by atoms with E-state index in [1.54, 1.807) is 19.2 Å². The Bertz CT molecular complexity index is 515. The molecule has 0 aliphatic heterocycles. The SMILES string of the molecule is COCCCc1ccc(-c2c(F)cccc2F)cc1. The van der Waals surface area contributed by atoms with Crippen LogP contribution in [0.4, 0.5) is 8.78 Å². The highest BCUT2D eigenvalue weighted by Gasteiger charge is 2.10. The van der Waals surface area contributed by atoms with Crippen LogP contribution in [0.3, 0.4) is 0 Å². The first kappa shape index (κ1) is 13.7. The van der Waals surface area contributed by atoms with Gasteiger partial charge in [-0.15, -0.1) is 0 Å². The van der Waals surface area contributed by atoms with Gasteiger partial charge in [-0.05, 0) is 36.1 Å². The molecule has 0 aliphatic rings. The molecule has 0 bridgehead atoms. The first-order chi connectivity index (χ1) is 9.22. The maximum atomic E-state index is 13.6. The second kappa shape index (κ2) is 6.43. The van der Waals surface area contributed by atoms with Crippen molar-refractivity contribution in [3.63, 3.8) is 0 Å². The largest absolute Gasteiger partial charge is 0.385 e. The van der Waals surface area contributed by atoms with Crippen molar-refractivity contribution in [3.8, 4) is 11.1 Å². The van der Waals surface area contributed by atoms with Crippen LogP contribution in [-0.2, 0) is 11.2 Å². The topological polar surface area (TPSA) is 9.23 Å². The van der Waals surface area contributed by atoms with Crippen molar-refractivity contribution in [2.45, 2.75) is 12.8 Å². The van der Waals surface area contributed by atoms with E-state index in [9.17, 15) is 8.78 Å². The normalized spacial score (nSPS) is 10.7. The highest BCUT2D eigenvalue weighted by molar-refractivity contribution is 5.65. The molecule has 0 amide bonds. The van der Waals surface area contributed by atoms with E-state index < -0.39 is 11.6 Å². The monoisotopic (exact) mass is 262 g/mol. The van der Waals surface area contributed by atoms with Crippen molar-refractivity contribution in [1.29, 1.82) is 0 Å². The quantitative estimate of drug-likeness (QED) is 0.733. The average molecular weight is 262 g/mol. The van der Waals surface area contributed by atoms with E-state index in [2.05, 4.69) is 0 Å². The van der Waals surface area contributed by atoms with Gasteiger partial charge in [-0.1, -0.05) is 30.3 Å². The van der Waals surface area contributed by atoms with Crippen LogP contribution in [0.15, 0.2) is 42.5 Å². The highest BCUT2D eigenvalue weighted by Crippen LogP contribution is 2.26. The van der Waals surface area contributed by atoms with Crippen LogP contribution >= 0.6 is 0 Å². The van der Waals surface area contributed by atoms with Gasteiger partial charge in [0.05, 0.1) is 5.56 Å². The molecule has 2 rings (SSSR count). The molecular weight excluding hydrogens is 246 g/mol. The van der Waals surface area contributed by atoms with E-state index >= 15 is 0 Å². The van der Waals surface area contributed by atoms with E-state index in [0.29, 0.717) is 12.2 Å². The van der Waals surface area contributed by atoms with Crippen molar-refractivity contribution in [3.05, 3.63) is 59.7 Å². The van der Waals surface area contributed by atoms with Gasteiger partial charge in [0.15, 0.2) is 0 Å². The Labute approximate surface area is 111 Å². The number of aryl methyl sites for hydroxylation is 1. The third kappa shape index (κ3) is 3.38. The summed E-state index contributed by atoms with van der Waals surface area (Å²) in [5, 5.41) is 0. The number of benzene rings is 2.